The van der Waals surface area contributed by atoms with Crippen molar-refractivity contribution in [3.8, 4) is 11.5 Å². The van der Waals surface area contributed by atoms with E-state index < -0.39 is 0 Å². The van der Waals surface area contributed by atoms with E-state index in [9.17, 15) is 5.11 Å². The Morgan fingerprint density at radius 3 is 2.48 bits per heavy atom. The molecule has 21 heavy (non-hydrogen) atoms. The van der Waals surface area contributed by atoms with Crippen molar-refractivity contribution in [1.82, 2.24) is 9.80 Å². The Morgan fingerprint density at radius 2 is 1.90 bits per heavy atom. The number of phenols is 1. The molecule has 0 bridgehead atoms. The summed E-state index contributed by atoms with van der Waals surface area (Å²) in [5, 5.41) is 10.2. The average Bonchev–Trinajstić information content (AvgIpc) is 2.45. The van der Waals surface area contributed by atoms with Crippen LogP contribution in [0.15, 0.2) is 18.2 Å². The van der Waals surface area contributed by atoms with Gasteiger partial charge in [0.2, 0.25) is 0 Å². The van der Waals surface area contributed by atoms with Crippen molar-refractivity contribution in [2.45, 2.75) is 45.8 Å². The Kier molecular flexibility index (Phi) is 5.48. The van der Waals surface area contributed by atoms with Crippen LogP contribution in [-0.4, -0.2) is 53.7 Å². The molecule has 0 aliphatic carbocycles. The molecule has 0 saturated carbocycles. The lowest BCUT2D eigenvalue weighted by Crippen LogP contribution is -2.54. The predicted molar refractivity (Wildman–Crippen MR) is 85.9 cm³/mol. The molecular formula is C17H28N2O2. The van der Waals surface area contributed by atoms with E-state index in [2.05, 4.69) is 37.6 Å². The van der Waals surface area contributed by atoms with Gasteiger partial charge in [0.05, 0.1) is 6.61 Å². The van der Waals surface area contributed by atoms with Crippen LogP contribution in [0.4, 0.5) is 0 Å². The minimum absolute atomic E-state index is 0.336. The van der Waals surface area contributed by atoms with Crippen molar-refractivity contribution < 1.29 is 9.84 Å². The standard InChI is InChI=1S/C17H28N2O2/c1-5-8-21-16-7-6-15(17(20)9-16)12-19-10-13(2)18(4)14(3)11-19/h6-7,9,13-14,20H,5,8,10-12H2,1-4H3. The van der Waals surface area contributed by atoms with Gasteiger partial charge in [-0.2, -0.15) is 0 Å². The summed E-state index contributed by atoms with van der Waals surface area (Å²) in [7, 11) is 2.18. The summed E-state index contributed by atoms with van der Waals surface area (Å²) < 4.78 is 5.55. The Hall–Kier alpha value is -1.26. The fourth-order valence-electron chi connectivity index (χ4n) is 2.87. The molecule has 4 nitrogen and oxygen atoms in total. The van der Waals surface area contributed by atoms with Gasteiger partial charge in [0, 0.05) is 43.3 Å². The van der Waals surface area contributed by atoms with Crippen LogP contribution in [0.5, 0.6) is 11.5 Å². The van der Waals surface area contributed by atoms with Gasteiger partial charge < -0.3 is 9.84 Å². The predicted octanol–water partition coefficient (Wildman–Crippen LogP) is 2.71. The summed E-state index contributed by atoms with van der Waals surface area (Å²) in [6.45, 7) is 10.1. The fourth-order valence-corrected chi connectivity index (χ4v) is 2.87. The van der Waals surface area contributed by atoms with Gasteiger partial charge >= 0.3 is 0 Å². The molecule has 1 fully saturated rings. The lowest BCUT2D eigenvalue weighted by atomic mass is 10.1. The zero-order valence-corrected chi connectivity index (χ0v) is 13.7. The largest absolute Gasteiger partial charge is 0.507 e. The van der Waals surface area contributed by atoms with Crippen LogP contribution in [-0.2, 0) is 6.54 Å². The third-order valence-corrected chi connectivity index (χ3v) is 4.36. The number of aromatic hydroxyl groups is 1. The number of ether oxygens (including phenoxy) is 1. The third kappa shape index (κ3) is 4.11. The summed E-state index contributed by atoms with van der Waals surface area (Å²) in [4.78, 5) is 4.83. The maximum absolute atomic E-state index is 10.2. The molecule has 0 spiro atoms. The summed E-state index contributed by atoms with van der Waals surface area (Å²) in [6.07, 6.45) is 0.972. The normalized spacial score (nSPS) is 24.2. The zero-order valence-electron chi connectivity index (χ0n) is 13.7. The van der Waals surface area contributed by atoms with Gasteiger partial charge in [0.25, 0.3) is 0 Å². The van der Waals surface area contributed by atoms with E-state index in [1.165, 1.54) is 0 Å². The highest BCUT2D eigenvalue weighted by atomic mass is 16.5. The molecule has 1 heterocycles. The Labute approximate surface area is 128 Å². The first-order chi connectivity index (χ1) is 10.0. The first kappa shape index (κ1) is 16.1. The third-order valence-electron chi connectivity index (χ3n) is 4.36. The Balaban J connectivity index is 1.99. The minimum atomic E-state index is 0.336. The van der Waals surface area contributed by atoms with Crippen LogP contribution in [0.25, 0.3) is 0 Å². The topological polar surface area (TPSA) is 35.9 Å². The molecule has 0 aromatic heterocycles. The van der Waals surface area contributed by atoms with Crippen molar-refractivity contribution in [2.75, 3.05) is 26.7 Å². The molecule has 0 radical (unpaired) electrons. The van der Waals surface area contributed by atoms with Gasteiger partial charge in [0.1, 0.15) is 11.5 Å². The highest BCUT2D eigenvalue weighted by molar-refractivity contribution is 5.39. The van der Waals surface area contributed by atoms with Crippen molar-refractivity contribution in [3.63, 3.8) is 0 Å². The molecule has 1 aromatic rings. The Bertz CT molecular complexity index is 452. The number of hydrogen-bond acceptors (Lipinski definition) is 4. The number of rotatable bonds is 5. The van der Waals surface area contributed by atoms with Crippen molar-refractivity contribution in [1.29, 1.82) is 0 Å². The smallest absolute Gasteiger partial charge is 0.123 e. The molecule has 1 N–H and O–H groups in total. The number of phenolic OH excluding ortho intramolecular Hbond substituents is 1. The highest BCUT2D eigenvalue weighted by Gasteiger charge is 2.26. The zero-order chi connectivity index (χ0) is 15.4. The number of benzene rings is 1. The maximum Gasteiger partial charge on any atom is 0.123 e. The van der Waals surface area contributed by atoms with Crippen LogP contribution in [0.3, 0.4) is 0 Å². The first-order valence-electron chi connectivity index (χ1n) is 7.90. The van der Waals surface area contributed by atoms with Gasteiger partial charge in [-0.25, -0.2) is 0 Å². The molecule has 1 aliphatic rings. The van der Waals surface area contributed by atoms with Gasteiger partial charge in [-0.05, 0) is 33.4 Å². The van der Waals surface area contributed by atoms with E-state index >= 15 is 0 Å². The van der Waals surface area contributed by atoms with E-state index in [-0.39, 0.29) is 0 Å². The Morgan fingerprint density at radius 1 is 1.24 bits per heavy atom. The minimum Gasteiger partial charge on any atom is -0.507 e. The number of likely N-dealkylation sites (N-methyl/N-ethyl adjacent to an activating group) is 1. The van der Waals surface area contributed by atoms with Gasteiger partial charge in [0.15, 0.2) is 0 Å². The van der Waals surface area contributed by atoms with Gasteiger partial charge in [-0.15, -0.1) is 0 Å². The van der Waals surface area contributed by atoms with Crippen molar-refractivity contribution in [3.05, 3.63) is 23.8 Å². The van der Waals surface area contributed by atoms with Gasteiger partial charge in [-0.1, -0.05) is 13.0 Å². The van der Waals surface area contributed by atoms with Crippen molar-refractivity contribution in [2.24, 2.45) is 0 Å². The summed E-state index contributed by atoms with van der Waals surface area (Å²) in [6, 6.07) is 6.75. The number of hydrogen-bond donors (Lipinski definition) is 1. The second kappa shape index (κ2) is 7.14. The molecule has 1 saturated heterocycles. The van der Waals surface area contributed by atoms with Crippen LogP contribution in [0, 0.1) is 0 Å². The van der Waals surface area contributed by atoms with E-state index in [1.807, 2.05) is 12.1 Å². The molecule has 2 unspecified atom stereocenters. The molecule has 0 amide bonds. The molecular weight excluding hydrogens is 264 g/mol. The monoisotopic (exact) mass is 292 g/mol. The van der Waals surface area contributed by atoms with Crippen LogP contribution < -0.4 is 4.74 Å². The van der Waals surface area contributed by atoms with E-state index in [4.69, 9.17) is 4.74 Å². The maximum atomic E-state index is 10.2. The summed E-state index contributed by atoms with van der Waals surface area (Å²) in [5.41, 5.74) is 0.975. The lowest BCUT2D eigenvalue weighted by molar-refractivity contribution is 0.0552. The molecule has 2 atom stereocenters. The lowest BCUT2D eigenvalue weighted by Gasteiger charge is -2.42. The molecule has 118 valence electrons. The summed E-state index contributed by atoms with van der Waals surface area (Å²) >= 11 is 0. The molecule has 1 aliphatic heterocycles. The van der Waals surface area contributed by atoms with Crippen LogP contribution >= 0.6 is 0 Å². The summed E-state index contributed by atoms with van der Waals surface area (Å²) in [5.74, 6) is 1.08. The molecule has 2 rings (SSSR count). The van der Waals surface area contributed by atoms with E-state index in [0.29, 0.717) is 24.4 Å². The van der Waals surface area contributed by atoms with E-state index in [0.717, 1.165) is 37.4 Å². The average molecular weight is 292 g/mol. The highest BCUT2D eigenvalue weighted by Crippen LogP contribution is 2.26. The second-order valence-electron chi connectivity index (χ2n) is 6.20. The molecule has 1 aromatic carbocycles. The number of piperazine rings is 1. The van der Waals surface area contributed by atoms with Crippen LogP contribution in [0.1, 0.15) is 32.8 Å². The second-order valence-corrected chi connectivity index (χ2v) is 6.20. The fraction of sp³-hybridized carbons (Fsp3) is 0.647. The molecule has 4 heteroatoms. The first-order valence-corrected chi connectivity index (χ1v) is 7.90. The van der Waals surface area contributed by atoms with Gasteiger partial charge in [-0.3, -0.25) is 9.80 Å². The van der Waals surface area contributed by atoms with Crippen molar-refractivity contribution >= 4 is 0 Å². The van der Waals surface area contributed by atoms with Crippen LogP contribution in [0.2, 0.25) is 0 Å². The quantitative estimate of drug-likeness (QED) is 0.905. The SMILES string of the molecule is CCCOc1ccc(CN2CC(C)N(C)C(C)C2)c(O)c1. The number of nitrogens with zero attached hydrogens (tertiary/aromatic N) is 2. The van der Waals surface area contributed by atoms with E-state index in [1.54, 1.807) is 6.07 Å².